The number of nitrogens with zero attached hydrogens (tertiary/aromatic N) is 3. The second-order valence-corrected chi connectivity index (χ2v) is 5.30. The number of benzene rings is 2. The van der Waals surface area contributed by atoms with Crippen molar-refractivity contribution in [1.29, 1.82) is 0 Å². The molecule has 0 aliphatic carbocycles. The molecule has 0 amide bonds. The van der Waals surface area contributed by atoms with Crippen molar-refractivity contribution in [3.63, 3.8) is 0 Å². The van der Waals surface area contributed by atoms with Crippen LogP contribution in [0, 0.1) is 5.82 Å². The summed E-state index contributed by atoms with van der Waals surface area (Å²) in [4.78, 5) is 12.7. The van der Waals surface area contributed by atoms with E-state index < -0.39 is 0 Å². The van der Waals surface area contributed by atoms with Gasteiger partial charge in [0.05, 0.1) is 11.2 Å². The van der Waals surface area contributed by atoms with E-state index in [2.05, 4.69) is 20.3 Å². The van der Waals surface area contributed by atoms with Gasteiger partial charge in [0.2, 0.25) is 0 Å². The highest BCUT2D eigenvalue weighted by Crippen LogP contribution is 2.28. The van der Waals surface area contributed by atoms with E-state index in [1.165, 1.54) is 12.4 Å². The lowest BCUT2D eigenvalue weighted by molar-refractivity contribution is 0.632. The molecule has 1 N–H and O–H groups in total. The Bertz CT molecular complexity index is 1000. The molecule has 2 heterocycles. The maximum atomic E-state index is 13.8. The number of pyridine rings is 1. The zero-order valence-corrected chi connectivity index (χ0v) is 12.6. The second kappa shape index (κ2) is 6.04. The van der Waals surface area contributed by atoms with Crippen molar-refractivity contribution >= 4 is 22.4 Å². The van der Waals surface area contributed by atoms with Crippen molar-refractivity contribution < 1.29 is 4.39 Å². The first-order valence-electron chi connectivity index (χ1n) is 7.48. The number of hydrogen-bond acceptors (Lipinski definition) is 4. The lowest BCUT2D eigenvalue weighted by atomic mass is 10.1. The Morgan fingerprint density at radius 3 is 2.62 bits per heavy atom. The summed E-state index contributed by atoms with van der Waals surface area (Å²) in [5.41, 5.74) is 3.20. The van der Waals surface area contributed by atoms with Gasteiger partial charge in [-0.3, -0.25) is 4.98 Å². The van der Waals surface area contributed by atoms with Gasteiger partial charge in [0.15, 0.2) is 0 Å². The molecule has 0 bridgehead atoms. The molecule has 0 aliphatic rings. The number of halogens is 1. The van der Waals surface area contributed by atoms with Crippen LogP contribution in [0.4, 0.5) is 15.9 Å². The molecule has 0 spiro atoms. The van der Waals surface area contributed by atoms with E-state index in [0.717, 1.165) is 22.0 Å². The molecule has 2 aromatic carbocycles. The van der Waals surface area contributed by atoms with E-state index in [1.807, 2.05) is 30.3 Å². The first-order valence-corrected chi connectivity index (χ1v) is 7.48. The average Bonchev–Trinajstić information content (AvgIpc) is 2.64. The highest BCUT2D eigenvalue weighted by atomic mass is 19.1. The molecule has 0 saturated heterocycles. The minimum atomic E-state index is -0.323. The normalized spacial score (nSPS) is 10.7. The molecule has 116 valence electrons. The van der Waals surface area contributed by atoms with E-state index in [0.29, 0.717) is 11.5 Å². The highest BCUT2D eigenvalue weighted by molar-refractivity contribution is 5.93. The number of hydrogen-bond donors (Lipinski definition) is 1. The predicted octanol–water partition coefficient (Wildman–Crippen LogP) is 4.57. The van der Waals surface area contributed by atoms with Crippen molar-refractivity contribution in [2.24, 2.45) is 0 Å². The molecule has 0 saturated carbocycles. The van der Waals surface area contributed by atoms with E-state index in [9.17, 15) is 4.39 Å². The van der Waals surface area contributed by atoms with Gasteiger partial charge in [-0.25, -0.2) is 14.4 Å². The predicted molar refractivity (Wildman–Crippen MR) is 92.5 cm³/mol. The molecular weight excluding hydrogens is 303 g/mol. The number of para-hydroxylation sites is 1. The number of aromatic nitrogens is 3. The van der Waals surface area contributed by atoms with Gasteiger partial charge < -0.3 is 5.32 Å². The maximum absolute atomic E-state index is 13.8. The summed E-state index contributed by atoms with van der Waals surface area (Å²) in [5.74, 6) is 0.249. The molecule has 0 unspecified atom stereocenters. The van der Waals surface area contributed by atoms with Gasteiger partial charge in [0.25, 0.3) is 0 Å². The third-order valence-corrected chi connectivity index (χ3v) is 3.76. The van der Waals surface area contributed by atoms with E-state index in [1.54, 1.807) is 30.6 Å². The van der Waals surface area contributed by atoms with Crippen LogP contribution in [-0.2, 0) is 0 Å². The van der Waals surface area contributed by atoms with Gasteiger partial charge in [-0.15, -0.1) is 0 Å². The zero-order valence-electron chi connectivity index (χ0n) is 12.6. The number of fused-ring (bicyclic) bond motifs is 1. The molecule has 0 fully saturated rings. The van der Waals surface area contributed by atoms with Crippen molar-refractivity contribution in [1.82, 2.24) is 15.0 Å². The van der Waals surface area contributed by atoms with Gasteiger partial charge in [-0.2, -0.15) is 0 Å². The van der Waals surface area contributed by atoms with E-state index in [4.69, 9.17) is 0 Å². The fourth-order valence-electron chi connectivity index (χ4n) is 2.56. The number of nitrogens with one attached hydrogen (secondary N) is 1. The van der Waals surface area contributed by atoms with E-state index >= 15 is 0 Å². The Hall–Kier alpha value is -3.34. The Labute approximate surface area is 138 Å². The van der Waals surface area contributed by atoms with Crippen molar-refractivity contribution in [2.75, 3.05) is 5.32 Å². The summed E-state index contributed by atoms with van der Waals surface area (Å²) < 4.78 is 13.8. The highest BCUT2D eigenvalue weighted by Gasteiger charge is 2.08. The topological polar surface area (TPSA) is 50.7 Å². The largest absolute Gasteiger partial charge is 0.337 e. The standard InChI is InChI=1S/C19H13FN4/c20-16-5-1-2-6-17(16)24-19-15-8-7-13(10-18(15)22-12-23-19)14-4-3-9-21-11-14/h1-12H,(H,22,23,24). The van der Waals surface area contributed by atoms with Gasteiger partial charge in [0, 0.05) is 23.3 Å². The van der Waals surface area contributed by atoms with Crippen LogP contribution < -0.4 is 5.32 Å². The van der Waals surface area contributed by atoms with Gasteiger partial charge in [0.1, 0.15) is 18.0 Å². The van der Waals surface area contributed by atoms with Crippen molar-refractivity contribution in [3.8, 4) is 11.1 Å². The smallest absolute Gasteiger partial charge is 0.146 e. The van der Waals surface area contributed by atoms with Crippen LogP contribution >= 0.6 is 0 Å². The summed E-state index contributed by atoms with van der Waals surface area (Å²) in [6.07, 6.45) is 5.02. The van der Waals surface area contributed by atoms with Crippen LogP contribution in [0.2, 0.25) is 0 Å². The summed E-state index contributed by atoms with van der Waals surface area (Å²) >= 11 is 0. The molecule has 5 heteroatoms. The minimum absolute atomic E-state index is 0.323. The van der Waals surface area contributed by atoms with Gasteiger partial charge in [-0.05, 0) is 35.9 Å². The first kappa shape index (κ1) is 14.3. The summed E-state index contributed by atoms with van der Waals surface area (Å²) in [6, 6.07) is 16.3. The summed E-state index contributed by atoms with van der Waals surface area (Å²) in [7, 11) is 0. The summed E-state index contributed by atoms with van der Waals surface area (Å²) in [5, 5.41) is 3.86. The lowest BCUT2D eigenvalue weighted by Gasteiger charge is -2.10. The minimum Gasteiger partial charge on any atom is -0.337 e. The quantitative estimate of drug-likeness (QED) is 0.601. The molecule has 4 rings (SSSR count). The van der Waals surface area contributed by atoms with Crippen LogP contribution in [-0.4, -0.2) is 15.0 Å². The fourth-order valence-corrected chi connectivity index (χ4v) is 2.56. The van der Waals surface area contributed by atoms with Crippen LogP contribution in [0.1, 0.15) is 0 Å². The van der Waals surface area contributed by atoms with Crippen LogP contribution in [0.3, 0.4) is 0 Å². The SMILES string of the molecule is Fc1ccccc1Nc1ncnc2cc(-c3cccnc3)ccc12. The molecule has 24 heavy (non-hydrogen) atoms. The third kappa shape index (κ3) is 2.67. The monoisotopic (exact) mass is 316 g/mol. The first-order chi connectivity index (χ1) is 11.8. The number of rotatable bonds is 3. The number of anilines is 2. The Morgan fingerprint density at radius 2 is 1.79 bits per heavy atom. The molecule has 4 nitrogen and oxygen atoms in total. The second-order valence-electron chi connectivity index (χ2n) is 5.30. The van der Waals surface area contributed by atoms with Crippen molar-refractivity contribution in [2.45, 2.75) is 0 Å². The maximum Gasteiger partial charge on any atom is 0.146 e. The van der Waals surface area contributed by atoms with Gasteiger partial charge in [-0.1, -0.05) is 24.3 Å². The molecular formula is C19H13FN4. The fraction of sp³-hybridized carbons (Fsp3) is 0. The molecule has 4 aromatic rings. The molecule has 2 aromatic heterocycles. The van der Waals surface area contributed by atoms with Gasteiger partial charge >= 0.3 is 0 Å². The Balaban J connectivity index is 1.77. The molecule has 0 atom stereocenters. The molecule has 0 radical (unpaired) electrons. The lowest BCUT2D eigenvalue weighted by Crippen LogP contribution is -1.98. The zero-order chi connectivity index (χ0) is 16.4. The summed E-state index contributed by atoms with van der Waals surface area (Å²) in [6.45, 7) is 0. The average molecular weight is 316 g/mol. The van der Waals surface area contributed by atoms with Crippen LogP contribution in [0.5, 0.6) is 0 Å². The van der Waals surface area contributed by atoms with Crippen molar-refractivity contribution in [3.05, 3.63) is 79.1 Å². The van der Waals surface area contributed by atoms with Crippen LogP contribution in [0.25, 0.3) is 22.0 Å². The Kier molecular flexibility index (Phi) is 3.59. The third-order valence-electron chi connectivity index (χ3n) is 3.76. The molecule has 0 aliphatic heterocycles. The Morgan fingerprint density at radius 1 is 0.875 bits per heavy atom. The van der Waals surface area contributed by atoms with E-state index in [-0.39, 0.29) is 5.82 Å². The van der Waals surface area contributed by atoms with Crippen LogP contribution in [0.15, 0.2) is 73.3 Å².